The summed E-state index contributed by atoms with van der Waals surface area (Å²) in [4.78, 5) is 10.4. The Morgan fingerprint density at radius 3 is 2.42 bits per heavy atom. The van der Waals surface area contributed by atoms with Crippen LogP contribution in [0.4, 0.5) is 0 Å². The molecule has 0 aromatic rings. The Labute approximate surface area is 93.9 Å². The van der Waals surface area contributed by atoms with Gasteiger partial charge in [0.1, 0.15) is 9.68 Å². The van der Waals surface area contributed by atoms with E-state index in [0.29, 0.717) is 21.1 Å². The molecular formula is C7H8Br2O2S. The largest absolute Gasteiger partial charge is 0.427 e. The standard InChI is InChI=1S/C7H8Br2O2S/c1-2-5(4-10)3-6(11-12)7(8)9/h3-4,12H,2H2,1H3/b5-3-. The lowest BCUT2D eigenvalue weighted by molar-refractivity contribution is -0.105. The van der Waals surface area contributed by atoms with Crippen LogP contribution in [0.1, 0.15) is 13.3 Å². The highest BCUT2D eigenvalue weighted by Crippen LogP contribution is 2.23. The Balaban J connectivity index is 4.67. The minimum atomic E-state index is 0.474. The second-order valence-corrected chi connectivity index (χ2v) is 4.74. The van der Waals surface area contributed by atoms with Gasteiger partial charge in [-0.05, 0) is 49.9 Å². The fourth-order valence-electron chi connectivity index (χ4n) is 0.503. The Morgan fingerprint density at radius 2 is 2.17 bits per heavy atom. The second-order valence-electron chi connectivity index (χ2n) is 1.91. The van der Waals surface area contributed by atoms with E-state index < -0.39 is 0 Å². The summed E-state index contributed by atoms with van der Waals surface area (Å²) >= 11 is 9.93. The van der Waals surface area contributed by atoms with Crippen molar-refractivity contribution in [2.24, 2.45) is 0 Å². The predicted octanol–water partition coefficient (Wildman–Crippen LogP) is 3.34. The molecule has 0 aromatic heterocycles. The van der Waals surface area contributed by atoms with Gasteiger partial charge in [-0.1, -0.05) is 6.92 Å². The Bertz CT molecular complexity index is 219. The molecule has 0 bridgehead atoms. The lowest BCUT2D eigenvalue weighted by Crippen LogP contribution is -1.85. The van der Waals surface area contributed by atoms with Gasteiger partial charge in [-0.2, -0.15) is 0 Å². The first kappa shape index (κ1) is 12.3. The average Bonchev–Trinajstić information content (AvgIpc) is 2.06. The Morgan fingerprint density at radius 1 is 1.58 bits per heavy atom. The molecule has 0 saturated heterocycles. The smallest absolute Gasteiger partial charge is 0.158 e. The van der Waals surface area contributed by atoms with Gasteiger partial charge in [-0.3, -0.25) is 4.79 Å². The third-order valence-electron chi connectivity index (χ3n) is 1.16. The van der Waals surface area contributed by atoms with E-state index in [2.05, 4.69) is 44.8 Å². The zero-order valence-electron chi connectivity index (χ0n) is 6.38. The van der Waals surface area contributed by atoms with Crippen LogP contribution in [0.15, 0.2) is 20.8 Å². The highest BCUT2D eigenvalue weighted by molar-refractivity contribution is 9.28. The van der Waals surface area contributed by atoms with Gasteiger partial charge >= 0.3 is 0 Å². The van der Waals surface area contributed by atoms with E-state index in [-0.39, 0.29) is 0 Å². The molecule has 0 aliphatic rings. The number of aldehydes is 1. The number of allylic oxidation sites excluding steroid dienone is 2. The van der Waals surface area contributed by atoms with Gasteiger partial charge in [0, 0.05) is 12.9 Å². The minimum absolute atomic E-state index is 0.474. The fourth-order valence-corrected chi connectivity index (χ4v) is 1.29. The van der Waals surface area contributed by atoms with Gasteiger partial charge in [0.25, 0.3) is 0 Å². The van der Waals surface area contributed by atoms with Crippen LogP contribution in [0, 0.1) is 0 Å². The molecule has 0 aliphatic carbocycles. The molecule has 2 nitrogen and oxygen atoms in total. The van der Waals surface area contributed by atoms with Gasteiger partial charge < -0.3 is 4.18 Å². The molecular weight excluding hydrogens is 308 g/mol. The molecule has 68 valence electrons. The van der Waals surface area contributed by atoms with Gasteiger partial charge in [0.15, 0.2) is 5.76 Å². The SMILES string of the molecule is CC/C(C=O)=C/C(OS)=C(Br)Br. The lowest BCUT2D eigenvalue weighted by Gasteiger charge is -1.99. The summed E-state index contributed by atoms with van der Waals surface area (Å²) in [6, 6.07) is 0. The van der Waals surface area contributed by atoms with E-state index in [1.807, 2.05) is 6.92 Å². The van der Waals surface area contributed by atoms with E-state index in [0.717, 1.165) is 6.29 Å². The van der Waals surface area contributed by atoms with Crippen LogP contribution in [-0.2, 0) is 8.98 Å². The molecule has 0 fully saturated rings. The van der Waals surface area contributed by atoms with Crippen LogP contribution < -0.4 is 0 Å². The van der Waals surface area contributed by atoms with Crippen molar-refractivity contribution in [2.75, 3.05) is 0 Å². The summed E-state index contributed by atoms with van der Waals surface area (Å²) in [5.41, 5.74) is 0.649. The minimum Gasteiger partial charge on any atom is -0.427 e. The molecule has 0 atom stereocenters. The van der Waals surface area contributed by atoms with E-state index in [9.17, 15) is 4.79 Å². The van der Waals surface area contributed by atoms with Crippen molar-refractivity contribution in [1.82, 2.24) is 0 Å². The fraction of sp³-hybridized carbons (Fsp3) is 0.286. The number of hydrogen-bond donors (Lipinski definition) is 1. The zero-order chi connectivity index (χ0) is 9.56. The first-order valence-electron chi connectivity index (χ1n) is 3.18. The molecule has 0 aromatic carbocycles. The lowest BCUT2D eigenvalue weighted by atomic mass is 10.2. The monoisotopic (exact) mass is 314 g/mol. The van der Waals surface area contributed by atoms with Gasteiger partial charge in [-0.15, -0.1) is 0 Å². The van der Waals surface area contributed by atoms with Crippen molar-refractivity contribution in [2.45, 2.75) is 13.3 Å². The Kier molecular flexibility index (Phi) is 6.89. The molecule has 12 heavy (non-hydrogen) atoms. The first-order valence-corrected chi connectivity index (χ1v) is 5.13. The molecule has 0 saturated carbocycles. The Hall–Kier alpha value is 0.260. The summed E-state index contributed by atoms with van der Waals surface area (Å²) in [5.74, 6) is 0.474. The first-order chi connectivity index (χ1) is 5.65. The molecule has 0 heterocycles. The highest BCUT2D eigenvalue weighted by atomic mass is 79.9. The van der Waals surface area contributed by atoms with E-state index >= 15 is 0 Å². The molecule has 0 spiro atoms. The predicted molar refractivity (Wildman–Crippen MR) is 59.4 cm³/mol. The van der Waals surface area contributed by atoms with Gasteiger partial charge in [0.2, 0.25) is 0 Å². The molecule has 0 unspecified atom stereocenters. The summed E-state index contributed by atoms with van der Waals surface area (Å²) in [5, 5.41) is 0. The highest BCUT2D eigenvalue weighted by Gasteiger charge is 2.00. The average molecular weight is 316 g/mol. The van der Waals surface area contributed by atoms with Crippen LogP contribution in [0.25, 0.3) is 0 Å². The summed E-state index contributed by atoms with van der Waals surface area (Å²) < 4.78 is 5.31. The molecule has 0 N–H and O–H groups in total. The van der Waals surface area contributed by atoms with Crippen LogP contribution in [0.5, 0.6) is 0 Å². The van der Waals surface area contributed by atoms with Gasteiger partial charge in [-0.25, -0.2) is 0 Å². The van der Waals surface area contributed by atoms with E-state index in [4.69, 9.17) is 4.18 Å². The molecule has 0 amide bonds. The van der Waals surface area contributed by atoms with E-state index in [1.54, 1.807) is 6.08 Å². The number of rotatable bonds is 4. The third kappa shape index (κ3) is 4.33. The molecule has 0 rings (SSSR count). The van der Waals surface area contributed by atoms with Crippen molar-refractivity contribution < 1.29 is 8.98 Å². The van der Waals surface area contributed by atoms with Gasteiger partial charge in [0.05, 0.1) is 0 Å². The normalized spacial score (nSPS) is 10.8. The van der Waals surface area contributed by atoms with E-state index in [1.165, 1.54) is 0 Å². The molecule has 0 radical (unpaired) electrons. The summed E-state index contributed by atoms with van der Waals surface area (Å²) in [6.07, 6.45) is 3.06. The number of hydrogen-bond acceptors (Lipinski definition) is 3. The maximum atomic E-state index is 10.4. The van der Waals surface area contributed by atoms with Crippen LogP contribution in [0.2, 0.25) is 0 Å². The topological polar surface area (TPSA) is 26.3 Å². The summed E-state index contributed by atoms with van der Waals surface area (Å²) in [7, 11) is 0. The second kappa shape index (κ2) is 6.74. The maximum Gasteiger partial charge on any atom is 0.158 e. The zero-order valence-corrected chi connectivity index (χ0v) is 10.4. The van der Waals surface area contributed by atoms with Crippen LogP contribution >= 0.6 is 44.8 Å². The number of carbonyl (C=O) groups excluding carboxylic acids is 1. The molecule has 0 aliphatic heterocycles. The maximum absolute atomic E-state index is 10.4. The van der Waals surface area contributed by atoms with Crippen molar-refractivity contribution in [1.29, 1.82) is 0 Å². The quantitative estimate of drug-likeness (QED) is 0.215. The summed E-state index contributed by atoms with van der Waals surface area (Å²) in [6.45, 7) is 1.89. The number of halogens is 2. The van der Waals surface area contributed by atoms with Crippen molar-refractivity contribution in [3.8, 4) is 0 Å². The number of carbonyl (C=O) groups is 1. The third-order valence-corrected chi connectivity index (χ3v) is 2.14. The van der Waals surface area contributed by atoms with Crippen LogP contribution in [0.3, 0.4) is 0 Å². The van der Waals surface area contributed by atoms with Crippen LogP contribution in [-0.4, -0.2) is 6.29 Å². The van der Waals surface area contributed by atoms with Crippen molar-refractivity contribution in [3.05, 3.63) is 20.8 Å². The molecule has 5 heteroatoms. The van der Waals surface area contributed by atoms with Crippen molar-refractivity contribution >= 4 is 51.1 Å². The van der Waals surface area contributed by atoms with Crippen molar-refractivity contribution in [3.63, 3.8) is 0 Å². The number of thiol groups is 1.